The van der Waals surface area contributed by atoms with Gasteiger partial charge in [0.15, 0.2) is 0 Å². The Balaban J connectivity index is 1.32. The Labute approximate surface area is 163 Å². The van der Waals surface area contributed by atoms with Gasteiger partial charge in [0.1, 0.15) is 5.75 Å². The molecule has 144 valence electrons. The Morgan fingerprint density at radius 2 is 1.71 bits per heavy atom. The van der Waals surface area contributed by atoms with Crippen LogP contribution in [0.2, 0.25) is 0 Å². The second kappa shape index (κ2) is 8.22. The Morgan fingerprint density at radius 3 is 2.39 bits per heavy atom. The van der Waals surface area contributed by atoms with Crippen LogP contribution in [0.1, 0.15) is 16.2 Å². The molecule has 0 unspecified atom stereocenters. The molecule has 7 nitrogen and oxygen atoms in total. The highest BCUT2D eigenvalue weighted by molar-refractivity contribution is 5.94. The quantitative estimate of drug-likeness (QED) is 0.680. The number of piperazine rings is 1. The number of hydrogen-bond acceptors (Lipinski definition) is 6. The van der Waals surface area contributed by atoms with Crippen LogP contribution in [0.15, 0.2) is 59.0 Å². The van der Waals surface area contributed by atoms with Gasteiger partial charge in [-0.2, -0.15) is 0 Å². The Bertz CT molecular complexity index is 916. The number of aromatic nitrogens is 2. The number of rotatable bonds is 5. The van der Waals surface area contributed by atoms with E-state index in [1.165, 1.54) is 0 Å². The molecule has 0 aliphatic carbocycles. The molecule has 1 amide bonds. The summed E-state index contributed by atoms with van der Waals surface area (Å²) < 4.78 is 10.9. The minimum Gasteiger partial charge on any atom is -0.497 e. The molecular formula is C21H22N4O3. The summed E-state index contributed by atoms with van der Waals surface area (Å²) in [5.41, 5.74) is 1.59. The van der Waals surface area contributed by atoms with E-state index in [1.54, 1.807) is 19.2 Å². The molecule has 1 saturated heterocycles. The van der Waals surface area contributed by atoms with Gasteiger partial charge in [-0.15, -0.1) is 10.2 Å². The summed E-state index contributed by atoms with van der Waals surface area (Å²) >= 11 is 0. The van der Waals surface area contributed by atoms with Gasteiger partial charge in [-0.3, -0.25) is 9.69 Å². The molecule has 0 spiro atoms. The van der Waals surface area contributed by atoms with Crippen molar-refractivity contribution in [3.05, 3.63) is 66.1 Å². The van der Waals surface area contributed by atoms with Crippen LogP contribution in [-0.4, -0.2) is 59.2 Å². The molecule has 4 rings (SSSR count). The number of nitrogens with zero attached hydrogens (tertiary/aromatic N) is 4. The molecule has 7 heteroatoms. The predicted molar refractivity (Wildman–Crippen MR) is 104 cm³/mol. The normalized spacial score (nSPS) is 14.8. The van der Waals surface area contributed by atoms with Crippen molar-refractivity contribution in [3.8, 4) is 17.2 Å². The van der Waals surface area contributed by atoms with Crippen molar-refractivity contribution in [2.75, 3.05) is 33.3 Å². The highest BCUT2D eigenvalue weighted by atomic mass is 16.5. The van der Waals surface area contributed by atoms with Crippen molar-refractivity contribution in [1.82, 2.24) is 20.0 Å². The van der Waals surface area contributed by atoms with Gasteiger partial charge in [0.25, 0.3) is 5.91 Å². The van der Waals surface area contributed by atoms with Gasteiger partial charge in [-0.1, -0.05) is 18.2 Å². The summed E-state index contributed by atoms with van der Waals surface area (Å²) in [5, 5.41) is 8.28. The lowest BCUT2D eigenvalue weighted by Crippen LogP contribution is -2.48. The van der Waals surface area contributed by atoms with Gasteiger partial charge < -0.3 is 14.1 Å². The lowest BCUT2D eigenvalue weighted by molar-refractivity contribution is 0.0618. The average molecular weight is 378 g/mol. The van der Waals surface area contributed by atoms with Crippen LogP contribution in [-0.2, 0) is 6.54 Å². The first-order chi connectivity index (χ1) is 13.7. The SMILES string of the molecule is COc1ccc(C(=O)N2CCN(Cc3nnc(-c4ccccc4)o3)CC2)cc1. The van der Waals surface area contributed by atoms with E-state index >= 15 is 0 Å². The standard InChI is InChI=1S/C21H22N4O3/c1-27-18-9-7-17(8-10-18)21(26)25-13-11-24(12-14-25)15-19-22-23-20(28-19)16-5-3-2-4-6-16/h2-10H,11-15H2,1H3. The molecule has 28 heavy (non-hydrogen) atoms. The highest BCUT2D eigenvalue weighted by Gasteiger charge is 2.23. The molecule has 0 atom stereocenters. The minimum absolute atomic E-state index is 0.0476. The highest BCUT2D eigenvalue weighted by Crippen LogP contribution is 2.19. The fourth-order valence-corrected chi connectivity index (χ4v) is 3.23. The number of benzene rings is 2. The monoisotopic (exact) mass is 378 g/mol. The van der Waals surface area contributed by atoms with Gasteiger partial charge in [0.2, 0.25) is 11.8 Å². The molecule has 0 bridgehead atoms. The zero-order valence-electron chi connectivity index (χ0n) is 15.7. The van der Waals surface area contributed by atoms with Crippen LogP contribution < -0.4 is 4.74 Å². The van der Waals surface area contributed by atoms with Crippen molar-refractivity contribution in [2.45, 2.75) is 6.54 Å². The predicted octanol–water partition coefficient (Wildman–Crippen LogP) is 2.70. The van der Waals surface area contributed by atoms with Crippen LogP contribution in [0.4, 0.5) is 0 Å². The minimum atomic E-state index is 0.0476. The van der Waals surface area contributed by atoms with E-state index in [4.69, 9.17) is 9.15 Å². The zero-order chi connectivity index (χ0) is 19.3. The second-order valence-electron chi connectivity index (χ2n) is 6.66. The van der Waals surface area contributed by atoms with E-state index < -0.39 is 0 Å². The third kappa shape index (κ3) is 4.04. The summed E-state index contributed by atoms with van der Waals surface area (Å²) in [5.74, 6) is 1.92. The molecular weight excluding hydrogens is 356 g/mol. The molecule has 0 N–H and O–H groups in total. The molecule has 0 saturated carbocycles. The van der Waals surface area contributed by atoms with Gasteiger partial charge in [0.05, 0.1) is 13.7 Å². The largest absolute Gasteiger partial charge is 0.497 e. The average Bonchev–Trinajstić information content (AvgIpc) is 3.23. The first-order valence-corrected chi connectivity index (χ1v) is 9.26. The smallest absolute Gasteiger partial charge is 0.253 e. The fraction of sp³-hybridized carbons (Fsp3) is 0.286. The number of carbonyl (C=O) groups is 1. The van der Waals surface area contributed by atoms with Crippen LogP contribution in [0.25, 0.3) is 11.5 Å². The van der Waals surface area contributed by atoms with Crippen LogP contribution in [0.3, 0.4) is 0 Å². The Morgan fingerprint density at radius 1 is 1.00 bits per heavy atom. The summed E-state index contributed by atoms with van der Waals surface area (Å²) in [6.07, 6.45) is 0. The van der Waals surface area contributed by atoms with E-state index in [0.717, 1.165) is 24.4 Å². The maximum atomic E-state index is 12.7. The van der Waals surface area contributed by atoms with E-state index in [1.807, 2.05) is 47.4 Å². The van der Waals surface area contributed by atoms with Crippen molar-refractivity contribution >= 4 is 5.91 Å². The molecule has 2 heterocycles. The number of methoxy groups -OCH3 is 1. The second-order valence-corrected chi connectivity index (χ2v) is 6.66. The van der Waals surface area contributed by atoms with Crippen molar-refractivity contribution < 1.29 is 13.9 Å². The summed E-state index contributed by atoms with van der Waals surface area (Å²) in [4.78, 5) is 16.7. The van der Waals surface area contributed by atoms with Gasteiger partial charge >= 0.3 is 0 Å². The number of carbonyl (C=O) groups excluding carboxylic acids is 1. The van der Waals surface area contributed by atoms with Gasteiger partial charge in [-0.05, 0) is 36.4 Å². The topological polar surface area (TPSA) is 71.7 Å². The molecule has 0 radical (unpaired) electrons. The third-order valence-electron chi connectivity index (χ3n) is 4.84. The van der Waals surface area contributed by atoms with Crippen LogP contribution in [0.5, 0.6) is 5.75 Å². The molecule has 1 aromatic heterocycles. The maximum Gasteiger partial charge on any atom is 0.253 e. The van der Waals surface area contributed by atoms with Crippen molar-refractivity contribution in [1.29, 1.82) is 0 Å². The summed E-state index contributed by atoms with van der Waals surface area (Å²) in [6.45, 7) is 3.47. The van der Waals surface area contributed by atoms with Crippen molar-refractivity contribution in [3.63, 3.8) is 0 Å². The number of amides is 1. The van der Waals surface area contributed by atoms with Crippen molar-refractivity contribution in [2.24, 2.45) is 0 Å². The van der Waals surface area contributed by atoms with Gasteiger partial charge in [-0.25, -0.2) is 0 Å². The Kier molecular flexibility index (Phi) is 5.34. The fourth-order valence-electron chi connectivity index (χ4n) is 3.23. The third-order valence-corrected chi connectivity index (χ3v) is 4.84. The van der Waals surface area contributed by atoms with Crippen LogP contribution in [0, 0.1) is 0 Å². The van der Waals surface area contributed by atoms with E-state index in [9.17, 15) is 4.79 Å². The molecule has 1 aliphatic rings. The maximum absolute atomic E-state index is 12.7. The molecule has 3 aromatic rings. The van der Waals surface area contributed by atoms with E-state index in [0.29, 0.717) is 37.0 Å². The lowest BCUT2D eigenvalue weighted by atomic mass is 10.1. The summed E-state index contributed by atoms with van der Waals surface area (Å²) in [7, 11) is 1.61. The van der Waals surface area contributed by atoms with E-state index in [-0.39, 0.29) is 5.91 Å². The first kappa shape index (κ1) is 18.2. The number of ether oxygens (including phenoxy) is 1. The Hall–Kier alpha value is -3.19. The van der Waals surface area contributed by atoms with Crippen LogP contribution >= 0.6 is 0 Å². The summed E-state index contributed by atoms with van der Waals surface area (Å²) in [6, 6.07) is 17.0. The first-order valence-electron chi connectivity index (χ1n) is 9.26. The molecule has 1 aliphatic heterocycles. The number of hydrogen-bond donors (Lipinski definition) is 0. The molecule has 1 fully saturated rings. The molecule has 2 aromatic carbocycles. The van der Waals surface area contributed by atoms with Gasteiger partial charge in [0, 0.05) is 37.3 Å². The lowest BCUT2D eigenvalue weighted by Gasteiger charge is -2.34. The van der Waals surface area contributed by atoms with E-state index in [2.05, 4.69) is 15.1 Å². The zero-order valence-corrected chi connectivity index (χ0v) is 15.7.